The summed E-state index contributed by atoms with van der Waals surface area (Å²) >= 11 is 2.95. The normalized spacial score (nSPS) is 17.6. The Labute approximate surface area is 373 Å². The number of halogens is 2. The monoisotopic (exact) mass is 911 g/mol. The molecule has 2 aliphatic heterocycles. The lowest BCUT2D eigenvalue weighted by atomic mass is 9.85. The number of anilines is 1. The topological polar surface area (TPSA) is 185 Å². The van der Waals surface area contributed by atoms with E-state index in [-0.39, 0.29) is 64.0 Å². The van der Waals surface area contributed by atoms with Gasteiger partial charge in [-0.05, 0) is 42.5 Å². The molecule has 4 atom stereocenters. The van der Waals surface area contributed by atoms with Crippen LogP contribution in [0.5, 0.6) is 5.75 Å². The van der Waals surface area contributed by atoms with E-state index in [2.05, 4.69) is 30.8 Å². The number of likely N-dealkylation sites (tertiary alicyclic amines) is 1. The summed E-state index contributed by atoms with van der Waals surface area (Å²) in [6, 6.07) is 7.90. The zero-order valence-electron chi connectivity index (χ0n) is 36.1. The number of carbonyl (C=O) groups excluding carboxylic acids is 4. The molecule has 0 radical (unpaired) electrons. The van der Waals surface area contributed by atoms with Crippen molar-refractivity contribution in [2.75, 3.05) is 64.1 Å². The van der Waals surface area contributed by atoms with Crippen LogP contribution in [0.2, 0.25) is 0 Å². The number of thiazole rings is 2. The van der Waals surface area contributed by atoms with Crippen LogP contribution in [0.3, 0.4) is 0 Å². The number of rotatable bonds is 18. The lowest BCUT2D eigenvalue weighted by Gasteiger charge is -2.35. The molecule has 4 aromatic rings. The van der Waals surface area contributed by atoms with Gasteiger partial charge in [0.15, 0.2) is 16.7 Å². The zero-order chi connectivity index (χ0) is 45.3. The molecule has 4 N–H and O–H groups in total. The molecule has 2 aliphatic rings. The van der Waals surface area contributed by atoms with E-state index in [1.165, 1.54) is 22.3 Å². The van der Waals surface area contributed by atoms with E-state index in [9.17, 15) is 33.1 Å². The number of amides is 4. The van der Waals surface area contributed by atoms with Gasteiger partial charge in [-0.25, -0.2) is 14.4 Å². The van der Waals surface area contributed by atoms with Crippen molar-refractivity contribution in [2.24, 2.45) is 5.41 Å². The van der Waals surface area contributed by atoms with Gasteiger partial charge in [0.2, 0.25) is 29.4 Å². The number of aromatic nitrogens is 2. The first kappa shape index (κ1) is 47.4. The number of β-amino-alcohol motifs (C(OH)–C–C–N with tert-alkyl or cyclic N) is 1. The molecular weight excluding hydrogens is 857 g/mol. The number of ether oxygens (including phenoxy) is 3. The minimum atomic E-state index is -1.13. The molecule has 340 valence electrons. The maximum atomic E-state index is 14.9. The summed E-state index contributed by atoms with van der Waals surface area (Å²) in [4.78, 5) is 66.8. The van der Waals surface area contributed by atoms with Crippen molar-refractivity contribution in [2.45, 2.75) is 78.1 Å². The highest BCUT2D eigenvalue weighted by molar-refractivity contribution is 7.14. The first-order valence-electron chi connectivity index (χ1n) is 20.9. The number of nitrogens with zero attached hydrogens (tertiary/aromatic N) is 4. The third kappa shape index (κ3) is 12.3. The fraction of sp³-hybridized carbons (Fsp3) is 0.500. The van der Waals surface area contributed by atoms with Crippen molar-refractivity contribution in [3.63, 3.8) is 0 Å². The van der Waals surface area contributed by atoms with Crippen molar-refractivity contribution >= 4 is 51.4 Å². The summed E-state index contributed by atoms with van der Waals surface area (Å²) < 4.78 is 45.6. The summed E-state index contributed by atoms with van der Waals surface area (Å²) in [6.45, 7) is 11.7. The molecule has 19 heteroatoms. The van der Waals surface area contributed by atoms with Gasteiger partial charge in [-0.1, -0.05) is 45.0 Å². The van der Waals surface area contributed by atoms with Crippen molar-refractivity contribution in [3.8, 4) is 27.4 Å². The van der Waals surface area contributed by atoms with Crippen molar-refractivity contribution in [3.05, 3.63) is 70.2 Å². The third-order valence-corrected chi connectivity index (χ3v) is 12.7. The standard InChI is InChI=1S/C44H55F2N7O8S2/c1-26(28-6-8-29(9-7-28)39-27(2)48-25-63-39)49-41(57)34-22-30(54)23-53(34)42(58)40(44(3,4)5)51-36(56)13-12-35(55)47-14-17-59-20-21-61-38-31(10-11-32(45)37(38)46)33-24-62-43(50-33)52-15-18-60-19-16-52/h6-11,24-26,30,34,40,54H,12-23H2,1-5H3,(H,47,55)(H,49,57)(H,51,56)/t26-,30+,34-,40+/m0/s1. The van der Waals surface area contributed by atoms with Gasteiger partial charge in [0.1, 0.15) is 18.7 Å². The molecule has 2 fully saturated rings. The zero-order valence-corrected chi connectivity index (χ0v) is 37.7. The molecule has 2 aromatic heterocycles. The molecule has 0 saturated carbocycles. The van der Waals surface area contributed by atoms with E-state index in [0.29, 0.717) is 37.6 Å². The van der Waals surface area contributed by atoms with E-state index in [4.69, 9.17) is 14.2 Å². The molecule has 0 bridgehead atoms. The van der Waals surface area contributed by atoms with Crippen LogP contribution in [0.1, 0.15) is 64.3 Å². The average Bonchev–Trinajstić information content (AvgIpc) is 4.03. The Morgan fingerprint density at radius 1 is 0.984 bits per heavy atom. The first-order chi connectivity index (χ1) is 30.1. The molecule has 2 saturated heterocycles. The first-order valence-corrected chi connectivity index (χ1v) is 22.7. The highest BCUT2D eigenvalue weighted by atomic mass is 32.1. The Hall–Kier alpha value is -5.08. The average molecular weight is 912 g/mol. The number of carbonyl (C=O) groups is 4. The quantitative estimate of drug-likeness (QED) is 0.0984. The predicted molar refractivity (Wildman–Crippen MR) is 235 cm³/mol. The fourth-order valence-corrected chi connectivity index (χ4v) is 8.99. The van der Waals surface area contributed by atoms with Crippen LogP contribution >= 0.6 is 22.7 Å². The molecule has 4 heterocycles. The van der Waals surface area contributed by atoms with Crippen LogP contribution in [0.15, 0.2) is 47.3 Å². The van der Waals surface area contributed by atoms with E-state index in [1.54, 1.807) is 43.0 Å². The molecule has 0 aliphatic carbocycles. The lowest BCUT2D eigenvalue weighted by molar-refractivity contribution is -0.144. The second kappa shape index (κ2) is 21.5. The highest BCUT2D eigenvalue weighted by Crippen LogP contribution is 2.37. The van der Waals surface area contributed by atoms with Gasteiger partial charge in [0.25, 0.3) is 0 Å². The van der Waals surface area contributed by atoms with Crippen molar-refractivity contribution in [1.82, 2.24) is 30.8 Å². The number of aliphatic hydroxyl groups excluding tert-OH is 1. The van der Waals surface area contributed by atoms with Crippen molar-refractivity contribution < 1.29 is 47.3 Å². The Kier molecular flexibility index (Phi) is 16.2. The summed E-state index contributed by atoms with van der Waals surface area (Å²) in [5.74, 6) is -4.32. The fourth-order valence-electron chi connectivity index (χ4n) is 7.29. The van der Waals surface area contributed by atoms with Crippen molar-refractivity contribution in [1.29, 1.82) is 0 Å². The van der Waals surface area contributed by atoms with Crippen LogP contribution in [-0.4, -0.2) is 121 Å². The molecule has 4 amide bonds. The van der Waals surface area contributed by atoms with E-state index >= 15 is 0 Å². The summed E-state index contributed by atoms with van der Waals surface area (Å²) in [5, 5.41) is 21.5. The number of benzene rings is 2. The van der Waals surface area contributed by atoms with Crippen LogP contribution in [0, 0.1) is 24.0 Å². The molecule has 63 heavy (non-hydrogen) atoms. The summed E-state index contributed by atoms with van der Waals surface area (Å²) in [6.07, 6.45) is -1.25. The maximum Gasteiger partial charge on any atom is 0.246 e. The number of hydrogen-bond acceptors (Lipinski definition) is 13. The van der Waals surface area contributed by atoms with E-state index in [1.807, 2.05) is 38.1 Å². The maximum absolute atomic E-state index is 14.9. The van der Waals surface area contributed by atoms with Gasteiger partial charge >= 0.3 is 0 Å². The van der Waals surface area contributed by atoms with Gasteiger partial charge in [0.05, 0.1) is 60.3 Å². The predicted octanol–water partition coefficient (Wildman–Crippen LogP) is 5.02. The van der Waals surface area contributed by atoms with Gasteiger partial charge in [-0.15, -0.1) is 22.7 Å². The minimum Gasteiger partial charge on any atom is -0.487 e. The number of hydrogen-bond donors (Lipinski definition) is 4. The number of aliphatic hydroxyl groups is 1. The Morgan fingerprint density at radius 3 is 2.41 bits per heavy atom. The summed E-state index contributed by atoms with van der Waals surface area (Å²) in [5.41, 5.74) is 4.63. The van der Waals surface area contributed by atoms with E-state index in [0.717, 1.165) is 32.9 Å². The van der Waals surface area contributed by atoms with Crippen LogP contribution < -0.4 is 25.6 Å². The summed E-state index contributed by atoms with van der Waals surface area (Å²) in [7, 11) is 0. The molecule has 0 unspecified atom stereocenters. The van der Waals surface area contributed by atoms with Gasteiger partial charge < -0.3 is 45.1 Å². The molecular formula is C44H55F2N7O8S2. The molecule has 15 nitrogen and oxygen atoms in total. The molecule has 0 spiro atoms. The van der Waals surface area contributed by atoms with Crippen LogP contribution in [-0.2, 0) is 28.7 Å². The second-order valence-corrected chi connectivity index (χ2v) is 18.2. The van der Waals surface area contributed by atoms with Crippen LogP contribution in [0.4, 0.5) is 13.9 Å². The van der Waals surface area contributed by atoms with Crippen LogP contribution in [0.25, 0.3) is 21.7 Å². The number of aryl methyl sites for hydroxylation is 1. The van der Waals surface area contributed by atoms with Gasteiger partial charge in [-0.3, -0.25) is 19.2 Å². The highest BCUT2D eigenvalue weighted by Gasteiger charge is 2.44. The minimum absolute atomic E-state index is 0.0175. The number of morpholine rings is 1. The SMILES string of the molecule is Cc1ncsc1-c1ccc([C@H](C)NC(=O)[C@@H]2C[C@@H](O)CN2C(=O)[C@@H](NC(=O)CCC(=O)NCCOCCOc2c(-c3csc(N4CCOCC4)n3)ccc(F)c2F)C(C)(C)C)cc1. The Morgan fingerprint density at radius 2 is 1.71 bits per heavy atom. The lowest BCUT2D eigenvalue weighted by Crippen LogP contribution is -2.57. The largest absolute Gasteiger partial charge is 0.487 e. The molecule has 6 rings (SSSR count). The third-order valence-electron chi connectivity index (χ3n) is 10.8. The van der Waals surface area contributed by atoms with Gasteiger partial charge in [0, 0.05) is 56.4 Å². The Bertz CT molecular complexity index is 2210. The van der Waals surface area contributed by atoms with E-state index < -0.39 is 58.9 Å². The number of nitrogens with one attached hydrogen (secondary N) is 3. The van der Waals surface area contributed by atoms with Gasteiger partial charge in [-0.2, -0.15) is 4.39 Å². The Balaban J connectivity index is 0.923. The smallest absolute Gasteiger partial charge is 0.246 e. The second-order valence-electron chi connectivity index (χ2n) is 16.5. The molecule has 2 aromatic carbocycles.